The zero-order chi connectivity index (χ0) is 29.9. The van der Waals surface area contributed by atoms with E-state index in [1.165, 1.54) is 90.2 Å². The van der Waals surface area contributed by atoms with Crippen molar-refractivity contribution in [3.05, 3.63) is 47.5 Å². The number of ether oxygens (including phenoxy) is 1. The molecule has 7 nitrogen and oxygen atoms in total. The lowest BCUT2D eigenvalue weighted by atomic mass is 9.81. The fraction of sp³-hybridized carbons (Fsp3) is 0.571. The van der Waals surface area contributed by atoms with Crippen LogP contribution in [-0.2, 0) is 13.0 Å². The Morgan fingerprint density at radius 1 is 1.07 bits per heavy atom. The van der Waals surface area contributed by atoms with E-state index >= 15 is 0 Å². The first kappa shape index (κ1) is 29.1. The fourth-order valence-electron chi connectivity index (χ4n) is 7.76. The van der Waals surface area contributed by atoms with E-state index in [2.05, 4.69) is 72.5 Å². The van der Waals surface area contributed by atoms with Gasteiger partial charge in [-0.1, -0.05) is 37.5 Å². The number of rotatable bonds is 4. The van der Waals surface area contributed by atoms with E-state index in [0.29, 0.717) is 12.5 Å². The normalized spacial score (nSPS) is 24.6. The van der Waals surface area contributed by atoms with Crippen molar-refractivity contribution in [3.63, 3.8) is 0 Å². The Bertz CT molecular complexity index is 1520. The van der Waals surface area contributed by atoms with Gasteiger partial charge in [0.1, 0.15) is 5.75 Å². The number of nitrogens with zero attached hydrogens (tertiary/aromatic N) is 3. The zero-order valence-electron chi connectivity index (χ0n) is 26.4. The molecule has 3 aromatic rings. The number of carbonyl (C=O) groups is 1. The van der Waals surface area contributed by atoms with Crippen LogP contribution in [0.15, 0.2) is 36.4 Å². The summed E-state index contributed by atoms with van der Waals surface area (Å²) in [4.78, 5) is 15.6. The van der Waals surface area contributed by atoms with E-state index in [0.717, 1.165) is 30.3 Å². The third-order valence-electron chi connectivity index (χ3n) is 10.2. The SMILES string of the molecule is CSN1NC(C)(C)NC(C)[C@@H]2COc3c(CC4CC4)cccc3-c3c(C4CCCCC4)c4ccc(cc4n3C2)N(C)C1=O. The van der Waals surface area contributed by atoms with Crippen LogP contribution < -0.4 is 20.4 Å². The number of anilines is 1. The highest BCUT2D eigenvalue weighted by atomic mass is 32.2. The van der Waals surface area contributed by atoms with E-state index in [9.17, 15) is 4.79 Å². The number of nitrogens with one attached hydrogen (secondary N) is 2. The van der Waals surface area contributed by atoms with E-state index in [1.807, 2.05) is 13.3 Å². The molecule has 0 saturated heterocycles. The van der Waals surface area contributed by atoms with E-state index < -0.39 is 5.66 Å². The Hall–Kier alpha value is -2.68. The lowest BCUT2D eigenvalue weighted by molar-refractivity contribution is 0.137. The summed E-state index contributed by atoms with van der Waals surface area (Å²) in [5.41, 5.74) is 10.5. The molecule has 2 aliphatic heterocycles. The molecule has 4 bridgehead atoms. The van der Waals surface area contributed by atoms with Crippen LogP contribution in [0, 0.1) is 11.8 Å². The van der Waals surface area contributed by atoms with Crippen LogP contribution in [0.4, 0.5) is 10.5 Å². The molecule has 2 N–H and O–H groups in total. The second-order valence-electron chi connectivity index (χ2n) is 13.9. The third-order valence-corrected chi connectivity index (χ3v) is 10.8. The molecular formula is C35H47N5O2S. The highest BCUT2D eigenvalue weighted by Crippen LogP contribution is 2.49. The van der Waals surface area contributed by atoms with Crippen molar-refractivity contribution in [2.45, 2.75) is 96.3 Å². The monoisotopic (exact) mass is 601 g/mol. The average Bonchev–Trinajstić information content (AvgIpc) is 3.76. The number of hydrazine groups is 1. The van der Waals surface area contributed by atoms with Crippen molar-refractivity contribution in [2.75, 3.05) is 24.8 Å². The Kier molecular flexibility index (Phi) is 7.67. The van der Waals surface area contributed by atoms with Gasteiger partial charge in [-0.3, -0.25) is 10.2 Å². The molecule has 2 amide bonds. The van der Waals surface area contributed by atoms with Gasteiger partial charge in [-0.2, -0.15) is 4.41 Å². The van der Waals surface area contributed by atoms with Gasteiger partial charge < -0.3 is 9.30 Å². The van der Waals surface area contributed by atoms with Gasteiger partial charge in [0.05, 0.1) is 23.5 Å². The number of fused-ring (bicyclic) bond motifs is 4. The highest BCUT2D eigenvalue weighted by Gasteiger charge is 2.36. The molecule has 7 rings (SSSR count). The second-order valence-corrected chi connectivity index (χ2v) is 14.6. The smallest absolute Gasteiger partial charge is 0.349 e. The molecule has 2 aliphatic carbocycles. The van der Waals surface area contributed by atoms with Gasteiger partial charge in [-0.15, -0.1) is 0 Å². The summed E-state index contributed by atoms with van der Waals surface area (Å²) < 4.78 is 11.2. The minimum Gasteiger partial charge on any atom is -0.492 e. The van der Waals surface area contributed by atoms with Crippen LogP contribution in [0.3, 0.4) is 0 Å². The quantitative estimate of drug-likeness (QED) is 0.300. The molecule has 8 heteroatoms. The van der Waals surface area contributed by atoms with Gasteiger partial charge in [-0.05, 0) is 106 Å². The first-order valence-electron chi connectivity index (χ1n) is 16.3. The van der Waals surface area contributed by atoms with Gasteiger partial charge in [0.2, 0.25) is 0 Å². The maximum atomic E-state index is 13.8. The summed E-state index contributed by atoms with van der Waals surface area (Å²) in [7, 11) is 1.88. The molecular weight excluding hydrogens is 554 g/mol. The van der Waals surface area contributed by atoms with Crippen LogP contribution in [0.2, 0.25) is 0 Å². The lowest BCUT2D eigenvalue weighted by Crippen LogP contribution is -2.63. The van der Waals surface area contributed by atoms with Crippen molar-refractivity contribution in [1.29, 1.82) is 0 Å². The summed E-state index contributed by atoms with van der Waals surface area (Å²) in [5, 5.41) is 5.17. The first-order chi connectivity index (χ1) is 20.7. The second kappa shape index (κ2) is 11.4. The summed E-state index contributed by atoms with van der Waals surface area (Å²) in [6.07, 6.45) is 12.0. The van der Waals surface area contributed by atoms with Crippen LogP contribution >= 0.6 is 11.9 Å². The first-order valence-corrected chi connectivity index (χ1v) is 17.5. The summed E-state index contributed by atoms with van der Waals surface area (Å²) in [6.45, 7) is 7.97. The summed E-state index contributed by atoms with van der Waals surface area (Å²) in [6, 6.07) is 13.6. The number of hydrogen-bond donors (Lipinski definition) is 2. The molecule has 43 heavy (non-hydrogen) atoms. The van der Waals surface area contributed by atoms with Crippen LogP contribution in [-0.4, -0.2) is 46.6 Å². The molecule has 2 aromatic carbocycles. The molecule has 0 spiro atoms. The molecule has 230 valence electrons. The number of benzene rings is 2. The maximum absolute atomic E-state index is 13.8. The third kappa shape index (κ3) is 5.44. The number of hydrogen-bond acceptors (Lipinski definition) is 5. The van der Waals surface area contributed by atoms with Gasteiger partial charge in [-0.25, -0.2) is 10.2 Å². The Morgan fingerprint density at radius 3 is 2.60 bits per heavy atom. The zero-order valence-corrected chi connectivity index (χ0v) is 27.2. The average molecular weight is 602 g/mol. The Labute approximate surface area is 260 Å². The number of carbonyl (C=O) groups excluding carboxylic acids is 1. The van der Waals surface area contributed by atoms with Crippen molar-refractivity contribution in [3.8, 4) is 17.0 Å². The Morgan fingerprint density at radius 2 is 1.86 bits per heavy atom. The predicted molar refractivity (Wildman–Crippen MR) is 178 cm³/mol. The lowest BCUT2D eigenvalue weighted by Gasteiger charge is -2.39. The van der Waals surface area contributed by atoms with Gasteiger partial charge in [0, 0.05) is 48.4 Å². The van der Waals surface area contributed by atoms with Gasteiger partial charge >= 0.3 is 6.03 Å². The van der Waals surface area contributed by atoms with Crippen LogP contribution in [0.25, 0.3) is 22.2 Å². The number of urea groups is 1. The molecule has 1 aromatic heterocycles. The summed E-state index contributed by atoms with van der Waals surface area (Å²) in [5.74, 6) is 2.62. The van der Waals surface area contributed by atoms with Crippen molar-refractivity contribution >= 4 is 34.6 Å². The molecule has 2 saturated carbocycles. The standard InChI is InChI=1S/C35H47N5O2S/c1-22-26-20-39-30-19-27(38(4)34(41)40(43-5)37-35(2,3)36-22)16-17-28(30)31(24-10-7-6-8-11-24)32(39)29-13-9-12-25(18-23-14-15-23)33(29)42-21-26/h9,12-13,16-17,19,22-24,26,36-37H,6-8,10-11,14-15,18,20-21H2,1-5H3/t22?,26-/m0/s1. The maximum Gasteiger partial charge on any atom is 0.349 e. The predicted octanol–water partition coefficient (Wildman–Crippen LogP) is 7.69. The molecule has 1 unspecified atom stereocenters. The van der Waals surface area contributed by atoms with E-state index in [4.69, 9.17) is 4.74 Å². The Balaban J connectivity index is 1.49. The molecule has 2 fully saturated rings. The van der Waals surface area contributed by atoms with Gasteiger partial charge in [0.25, 0.3) is 0 Å². The molecule has 0 radical (unpaired) electrons. The number of aromatic nitrogens is 1. The van der Waals surface area contributed by atoms with Crippen LogP contribution in [0.1, 0.15) is 82.8 Å². The molecule has 3 heterocycles. The van der Waals surface area contributed by atoms with Crippen molar-refractivity contribution in [1.82, 2.24) is 19.7 Å². The molecule has 2 atom stereocenters. The molecule has 4 aliphatic rings. The summed E-state index contributed by atoms with van der Waals surface area (Å²) >= 11 is 1.39. The van der Waals surface area contributed by atoms with Crippen LogP contribution in [0.5, 0.6) is 5.75 Å². The van der Waals surface area contributed by atoms with Crippen molar-refractivity contribution < 1.29 is 9.53 Å². The largest absolute Gasteiger partial charge is 0.492 e. The van der Waals surface area contributed by atoms with Gasteiger partial charge in [0.15, 0.2) is 0 Å². The minimum atomic E-state index is -0.523. The topological polar surface area (TPSA) is 61.8 Å². The van der Waals surface area contributed by atoms with E-state index in [-0.39, 0.29) is 18.0 Å². The van der Waals surface area contributed by atoms with Crippen molar-refractivity contribution in [2.24, 2.45) is 11.8 Å². The highest BCUT2D eigenvalue weighted by molar-refractivity contribution is 7.96. The minimum absolute atomic E-state index is 0.0984. The number of para-hydroxylation sites is 1. The number of amides is 2. The fourth-order valence-corrected chi connectivity index (χ4v) is 8.36. The van der Waals surface area contributed by atoms with E-state index in [1.54, 1.807) is 9.31 Å².